The molecule has 0 aliphatic heterocycles. The number of nitrogens with zero attached hydrogens (tertiary/aromatic N) is 6. The second-order valence-electron chi connectivity index (χ2n) is 6.84. The van der Waals surface area contributed by atoms with E-state index in [4.69, 9.17) is 0 Å². The van der Waals surface area contributed by atoms with Gasteiger partial charge in [-0.25, -0.2) is 29.4 Å². The molecule has 1 saturated carbocycles. The van der Waals surface area contributed by atoms with E-state index in [1.807, 2.05) is 0 Å². The smallest absolute Gasteiger partial charge is 0.433 e. The van der Waals surface area contributed by atoms with Crippen LogP contribution in [-0.2, 0) is 11.0 Å². The van der Waals surface area contributed by atoms with Crippen molar-refractivity contribution in [3.05, 3.63) is 53.6 Å². The first-order chi connectivity index (χ1) is 14.2. The minimum atomic E-state index is -4.60. The lowest BCUT2D eigenvalue weighted by molar-refractivity contribution is -0.141. The van der Waals surface area contributed by atoms with E-state index in [-0.39, 0.29) is 28.4 Å². The summed E-state index contributed by atoms with van der Waals surface area (Å²) in [5.41, 5.74) is -0.356. The molecule has 1 fully saturated rings. The maximum atomic E-state index is 13.3. The van der Waals surface area contributed by atoms with Crippen molar-refractivity contribution in [3.8, 4) is 11.4 Å². The summed E-state index contributed by atoms with van der Waals surface area (Å²) in [5, 5.41) is 13.7. The molecule has 30 heavy (non-hydrogen) atoms. The normalized spacial score (nSPS) is 14.7. The van der Waals surface area contributed by atoms with Gasteiger partial charge in [0.25, 0.3) is 0 Å². The Hall–Kier alpha value is -3.63. The van der Waals surface area contributed by atoms with Crippen LogP contribution >= 0.6 is 0 Å². The highest BCUT2D eigenvalue weighted by atomic mass is 19.4. The van der Waals surface area contributed by atoms with Crippen LogP contribution in [-0.4, -0.2) is 40.8 Å². The summed E-state index contributed by atoms with van der Waals surface area (Å²) in [6, 6.07) is 2.46. The van der Waals surface area contributed by atoms with E-state index in [0.717, 1.165) is 18.9 Å². The topological polar surface area (TPSA) is 107 Å². The fraction of sp³-hybridized carbons (Fsp3) is 0.263. The van der Waals surface area contributed by atoms with E-state index in [1.54, 1.807) is 13.0 Å². The number of aliphatic carboxylic acids is 1. The number of carbonyl (C=O) groups is 1. The number of hydrogen-bond donors (Lipinski definition) is 1. The molecule has 0 bridgehead atoms. The van der Waals surface area contributed by atoms with E-state index < -0.39 is 17.8 Å². The number of rotatable bonds is 5. The number of aromatic nitrogens is 6. The first-order valence-corrected chi connectivity index (χ1v) is 8.95. The first kappa shape index (κ1) is 19.7. The van der Waals surface area contributed by atoms with Gasteiger partial charge >= 0.3 is 12.1 Å². The quantitative estimate of drug-likeness (QED) is 0.635. The highest BCUT2D eigenvalue weighted by molar-refractivity contribution is 6.19. The number of pyridine rings is 1. The largest absolute Gasteiger partial charge is 0.478 e. The molecule has 1 aliphatic carbocycles. The molecule has 0 atom stereocenters. The summed E-state index contributed by atoms with van der Waals surface area (Å²) in [7, 11) is 0. The molecule has 3 heterocycles. The van der Waals surface area contributed by atoms with Crippen LogP contribution in [0.25, 0.3) is 23.2 Å². The zero-order valence-corrected chi connectivity index (χ0v) is 15.6. The van der Waals surface area contributed by atoms with Crippen molar-refractivity contribution >= 4 is 17.7 Å². The van der Waals surface area contributed by atoms with Crippen molar-refractivity contribution in [3.63, 3.8) is 0 Å². The number of halogens is 3. The minimum absolute atomic E-state index is 0.00539. The molecule has 0 spiro atoms. The molecule has 154 valence electrons. The van der Waals surface area contributed by atoms with Crippen LogP contribution in [0.3, 0.4) is 0 Å². The SMILES string of the molecule is Cc1nc(-c2cc(C3CC3)nc(C(F)(F)F)c2)nn1/C=C(/C(=O)O)c1cncnc1. The van der Waals surface area contributed by atoms with Gasteiger partial charge in [-0.05, 0) is 31.9 Å². The molecule has 3 aromatic rings. The average Bonchev–Trinajstić information content (AvgIpc) is 3.49. The summed E-state index contributed by atoms with van der Waals surface area (Å²) in [5.74, 6) is -0.877. The number of alkyl halides is 3. The van der Waals surface area contributed by atoms with Crippen LogP contribution in [0, 0.1) is 6.92 Å². The lowest BCUT2D eigenvalue weighted by Crippen LogP contribution is -2.10. The van der Waals surface area contributed by atoms with E-state index in [1.165, 1.54) is 29.6 Å². The van der Waals surface area contributed by atoms with E-state index >= 15 is 0 Å². The zero-order valence-electron chi connectivity index (χ0n) is 15.6. The van der Waals surface area contributed by atoms with Crippen molar-refractivity contribution in [1.82, 2.24) is 29.7 Å². The monoisotopic (exact) mass is 416 g/mol. The van der Waals surface area contributed by atoms with Gasteiger partial charge in [0.1, 0.15) is 17.8 Å². The van der Waals surface area contributed by atoms with Gasteiger partial charge in [0, 0.05) is 41.3 Å². The maximum absolute atomic E-state index is 13.3. The summed E-state index contributed by atoms with van der Waals surface area (Å²) in [4.78, 5) is 27.2. The molecule has 0 amide bonds. The molecule has 1 aliphatic rings. The van der Waals surface area contributed by atoms with Gasteiger partial charge in [-0.1, -0.05) is 0 Å². The summed E-state index contributed by atoms with van der Waals surface area (Å²) in [6.07, 6.45) is 2.14. The average molecular weight is 416 g/mol. The number of aryl methyl sites for hydroxylation is 1. The fourth-order valence-corrected chi connectivity index (χ4v) is 2.87. The van der Waals surface area contributed by atoms with Gasteiger partial charge in [0.15, 0.2) is 5.82 Å². The Labute approximate surface area is 168 Å². The number of carboxylic acid groups (broad SMARTS) is 1. The lowest BCUT2D eigenvalue weighted by Gasteiger charge is -2.09. The highest BCUT2D eigenvalue weighted by Gasteiger charge is 2.35. The highest BCUT2D eigenvalue weighted by Crippen LogP contribution is 2.41. The predicted molar refractivity (Wildman–Crippen MR) is 98.8 cm³/mol. The van der Waals surface area contributed by atoms with Gasteiger partial charge in [-0.3, -0.25) is 0 Å². The Kier molecular flexibility index (Phi) is 4.80. The summed E-state index contributed by atoms with van der Waals surface area (Å²) >= 11 is 0. The molecule has 11 heteroatoms. The van der Waals surface area contributed by atoms with Crippen molar-refractivity contribution in [2.45, 2.75) is 31.9 Å². The second kappa shape index (κ2) is 7.32. The van der Waals surface area contributed by atoms with Crippen molar-refractivity contribution < 1.29 is 23.1 Å². The van der Waals surface area contributed by atoms with Gasteiger partial charge in [0.05, 0.1) is 5.57 Å². The Morgan fingerprint density at radius 2 is 1.90 bits per heavy atom. The van der Waals surface area contributed by atoms with Crippen molar-refractivity contribution in [1.29, 1.82) is 0 Å². The van der Waals surface area contributed by atoms with Crippen molar-refractivity contribution in [2.24, 2.45) is 0 Å². The lowest BCUT2D eigenvalue weighted by atomic mass is 10.1. The van der Waals surface area contributed by atoms with Crippen LogP contribution < -0.4 is 0 Å². The molecule has 8 nitrogen and oxygen atoms in total. The summed E-state index contributed by atoms with van der Waals surface area (Å²) in [6.45, 7) is 1.57. The Morgan fingerprint density at radius 3 is 2.50 bits per heavy atom. The van der Waals surface area contributed by atoms with E-state index in [2.05, 4.69) is 25.0 Å². The molecule has 0 saturated heterocycles. The van der Waals surface area contributed by atoms with Crippen LogP contribution in [0.1, 0.15) is 41.5 Å². The zero-order chi connectivity index (χ0) is 21.5. The third-order valence-corrected chi connectivity index (χ3v) is 4.54. The third kappa shape index (κ3) is 4.04. The van der Waals surface area contributed by atoms with Crippen LogP contribution in [0.5, 0.6) is 0 Å². The molecule has 3 aromatic heterocycles. The Morgan fingerprint density at radius 1 is 1.20 bits per heavy atom. The van der Waals surface area contributed by atoms with Gasteiger partial charge < -0.3 is 5.11 Å². The number of hydrogen-bond acceptors (Lipinski definition) is 6. The van der Waals surface area contributed by atoms with Gasteiger partial charge in [-0.15, -0.1) is 5.10 Å². The van der Waals surface area contributed by atoms with Gasteiger partial charge in [0.2, 0.25) is 0 Å². The Bertz CT molecular complexity index is 1140. The summed E-state index contributed by atoms with van der Waals surface area (Å²) < 4.78 is 41.1. The first-order valence-electron chi connectivity index (χ1n) is 8.95. The standard InChI is InChI=1S/C19H15F3N6O2/c1-10-25-17(12-4-15(11-2-3-11)26-16(5-12)19(20,21)22)27-28(10)8-14(18(29)30)13-6-23-9-24-7-13/h4-9,11H,2-3H2,1H3,(H,29,30)/b14-8+. The third-order valence-electron chi connectivity index (χ3n) is 4.54. The van der Waals surface area contributed by atoms with E-state index in [0.29, 0.717) is 11.5 Å². The Balaban J connectivity index is 1.78. The van der Waals surface area contributed by atoms with Gasteiger partial charge in [-0.2, -0.15) is 13.2 Å². The molecule has 1 N–H and O–H groups in total. The molecular formula is C19H15F3N6O2. The molecule has 4 rings (SSSR count). The predicted octanol–water partition coefficient (Wildman–Crippen LogP) is 3.42. The van der Waals surface area contributed by atoms with Crippen LogP contribution in [0.15, 0.2) is 30.9 Å². The molecule has 0 aromatic carbocycles. The van der Waals surface area contributed by atoms with Crippen molar-refractivity contribution in [2.75, 3.05) is 0 Å². The maximum Gasteiger partial charge on any atom is 0.433 e. The van der Waals surface area contributed by atoms with Crippen LogP contribution in [0.4, 0.5) is 13.2 Å². The number of carboxylic acids is 1. The second-order valence-corrected chi connectivity index (χ2v) is 6.84. The molecule has 0 radical (unpaired) electrons. The molecule has 0 unspecified atom stereocenters. The van der Waals surface area contributed by atoms with Crippen LogP contribution in [0.2, 0.25) is 0 Å². The fourth-order valence-electron chi connectivity index (χ4n) is 2.87. The minimum Gasteiger partial charge on any atom is -0.478 e. The molecular weight excluding hydrogens is 401 g/mol. The van der Waals surface area contributed by atoms with E-state index in [9.17, 15) is 23.1 Å².